The van der Waals surface area contributed by atoms with E-state index in [-0.39, 0.29) is 13.0 Å². The maximum Gasteiger partial charge on any atom is 0.318 e. The fourth-order valence-electron chi connectivity index (χ4n) is 3.61. The van der Waals surface area contributed by atoms with E-state index in [0.29, 0.717) is 23.3 Å². The Labute approximate surface area is 189 Å². The minimum Gasteiger partial charge on any atom is -0.382 e. The first-order chi connectivity index (χ1) is 15.2. The van der Waals surface area contributed by atoms with Gasteiger partial charge in [0, 0.05) is 24.1 Å². The van der Waals surface area contributed by atoms with Crippen molar-refractivity contribution in [3.05, 3.63) is 29.7 Å². The maximum atomic E-state index is 13.9. The van der Waals surface area contributed by atoms with Gasteiger partial charge in [0.05, 0.1) is 43.8 Å². The smallest absolute Gasteiger partial charge is 0.318 e. The normalized spacial score (nSPS) is 18.9. The average Bonchev–Trinajstić information content (AvgIpc) is 3.15. The van der Waals surface area contributed by atoms with Crippen molar-refractivity contribution in [2.24, 2.45) is 11.1 Å². The largest absolute Gasteiger partial charge is 0.382 e. The molecule has 1 aliphatic rings. The molecule has 0 spiro atoms. The molecule has 1 fully saturated rings. The van der Waals surface area contributed by atoms with Crippen LogP contribution in [0.4, 0.5) is 22.4 Å². The van der Waals surface area contributed by atoms with Gasteiger partial charge in [0.15, 0.2) is 5.65 Å². The van der Waals surface area contributed by atoms with E-state index in [4.69, 9.17) is 10.5 Å². The van der Waals surface area contributed by atoms with Crippen molar-refractivity contribution in [2.45, 2.75) is 57.5 Å². The van der Waals surface area contributed by atoms with Crippen molar-refractivity contribution in [3.8, 4) is 0 Å². The number of nitrogens with one attached hydrogen (secondary N) is 1. The van der Waals surface area contributed by atoms with Crippen LogP contribution >= 0.6 is 0 Å². The zero-order chi connectivity index (χ0) is 24.6. The SMILES string of the molecule is COC[C@H](c1cnn2cc([C@@H](N)CCC(C)(C)C(C)(F)F)nc2c1)N1CC(F)(F)CNC1=O. The summed E-state index contributed by atoms with van der Waals surface area (Å²) in [4.78, 5) is 17.7. The van der Waals surface area contributed by atoms with Gasteiger partial charge in [-0.05, 0) is 25.8 Å². The Morgan fingerprint density at radius 1 is 1.33 bits per heavy atom. The van der Waals surface area contributed by atoms with E-state index in [9.17, 15) is 22.4 Å². The number of ether oxygens (including phenoxy) is 1. The molecular weight excluding hydrogens is 444 g/mol. The maximum absolute atomic E-state index is 13.9. The van der Waals surface area contributed by atoms with Crippen molar-refractivity contribution in [3.63, 3.8) is 0 Å². The van der Waals surface area contributed by atoms with Crippen LogP contribution in [0.1, 0.15) is 57.0 Å². The van der Waals surface area contributed by atoms with E-state index < -0.39 is 48.5 Å². The third kappa shape index (κ3) is 5.55. The molecule has 0 aliphatic carbocycles. The van der Waals surface area contributed by atoms with E-state index >= 15 is 0 Å². The molecule has 2 aromatic rings. The number of carbonyl (C=O) groups excluding carboxylic acids is 1. The second-order valence-electron chi connectivity index (χ2n) is 9.29. The summed E-state index contributed by atoms with van der Waals surface area (Å²) in [6, 6.07) is -0.390. The number of alkyl halides is 4. The zero-order valence-electron chi connectivity index (χ0n) is 19.1. The molecule has 0 aromatic carbocycles. The number of hydrogen-bond acceptors (Lipinski definition) is 5. The van der Waals surface area contributed by atoms with Gasteiger partial charge >= 0.3 is 6.03 Å². The van der Waals surface area contributed by atoms with Gasteiger partial charge in [-0.1, -0.05) is 13.8 Å². The lowest BCUT2D eigenvalue weighted by atomic mass is 9.80. The molecular formula is C21H30F4N6O2. The number of nitrogens with two attached hydrogens (primary N) is 1. The molecule has 3 rings (SSSR count). The summed E-state index contributed by atoms with van der Waals surface area (Å²) in [6.07, 6.45) is 3.54. The molecule has 184 valence electrons. The second-order valence-corrected chi connectivity index (χ2v) is 9.29. The fourth-order valence-corrected chi connectivity index (χ4v) is 3.61. The molecule has 8 nitrogen and oxygen atoms in total. The highest BCUT2D eigenvalue weighted by atomic mass is 19.3. The summed E-state index contributed by atoms with van der Waals surface area (Å²) < 4.78 is 62.0. The molecule has 0 radical (unpaired) electrons. The summed E-state index contributed by atoms with van der Waals surface area (Å²) in [5.41, 5.74) is 6.32. The number of urea groups is 1. The van der Waals surface area contributed by atoms with E-state index in [1.807, 2.05) is 0 Å². The third-order valence-electron chi connectivity index (χ3n) is 6.25. The minimum atomic E-state index is -3.08. The van der Waals surface area contributed by atoms with Crippen LogP contribution in [0.5, 0.6) is 0 Å². The lowest BCUT2D eigenvalue weighted by Gasteiger charge is -2.38. The second kappa shape index (κ2) is 9.05. The van der Waals surface area contributed by atoms with Crippen molar-refractivity contribution < 1.29 is 27.1 Å². The number of methoxy groups -OCH3 is 1. The Bertz CT molecular complexity index is 991. The number of nitrogens with zero attached hydrogens (tertiary/aromatic N) is 4. The predicted molar refractivity (Wildman–Crippen MR) is 113 cm³/mol. The van der Waals surface area contributed by atoms with E-state index in [2.05, 4.69) is 15.4 Å². The molecule has 3 N–H and O–H groups in total. The summed E-state index contributed by atoms with van der Waals surface area (Å²) in [5, 5.41) is 6.46. The molecule has 2 aromatic heterocycles. The molecule has 12 heteroatoms. The van der Waals surface area contributed by atoms with Crippen LogP contribution in [0, 0.1) is 5.41 Å². The number of rotatable bonds is 9. The zero-order valence-corrected chi connectivity index (χ0v) is 19.1. The van der Waals surface area contributed by atoms with Crippen molar-refractivity contribution in [1.29, 1.82) is 0 Å². The molecule has 1 aliphatic heterocycles. The van der Waals surface area contributed by atoms with Crippen molar-refractivity contribution in [1.82, 2.24) is 24.8 Å². The standard InChI is InChI=1S/C21H30F4N6O2/c1-19(2,20(3,22)23)6-5-14(26)15-9-31-17(29-15)7-13(8-28-31)16(10-33-4)30-12-21(24,25)11-27-18(30)32/h7-9,14,16H,5-6,10-12,26H2,1-4H3,(H,27,32)/t14-,16+/m0/s1. The van der Waals surface area contributed by atoms with Crippen molar-refractivity contribution >= 4 is 11.7 Å². The number of hydrogen-bond donors (Lipinski definition) is 2. The summed E-state index contributed by atoms with van der Waals surface area (Å²) in [5.74, 6) is -5.93. The highest BCUT2D eigenvalue weighted by Crippen LogP contribution is 2.40. The minimum absolute atomic E-state index is 0.0191. The highest BCUT2D eigenvalue weighted by molar-refractivity contribution is 5.76. The molecule has 2 atom stereocenters. The Kier molecular flexibility index (Phi) is 6.90. The van der Waals surface area contributed by atoms with E-state index in [1.165, 1.54) is 31.7 Å². The van der Waals surface area contributed by atoms with Crippen LogP contribution in [0.15, 0.2) is 18.5 Å². The van der Waals surface area contributed by atoms with Crippen LogP contribution in [-0.4, -0.2) is 64.2 Å². The molecule has 33 heavy (non-hydrogen) atoms. The fraction of sp³-hybridized carbons (Fsp3) is 0.667. The first kappa shape index (κ1) is 25.2. The van der Waals surface area contributed by atoms with Gasteiger partial charge in [-0.15, -0.1) is 0 Å². The quantitative estimate of drug-likeness (QED) is 0.542. The number of aromatic nitrogens is 3. The predicted octanol–water partition coefficient (Wildman–Crippen LogP) is 3.54. The monoisotopic (exact) mass is 474 g/mol. The Morgan fingerprint density at radius 2 is 2.03 bits per heavy atom. The number of fused-ring (bicyclic) bond motifs is 1. The number of halogens is 4. The van der Waals surface area contributed by atoms with Gasteiger partial charge < -0.3 is 20.7 Å². The van der Waals surface area contributed by atoms with Gasteiger partial charge in [0.2, 0.25) is 5.92 Å². The lowest BCUT2D eigenvalue weighted by molar-refractivity contribution is -0.0934. The van der Waals surface area contributed by atoms with Crippen LogP contribution in [0.2, 0.25) is 0 Å². The van der Waals surface area contributed by atoms with Gasteiger partial charge in [-0.3, -0.25) is 0 Å². The van der Waals surface area contributed by atoms with Gasteiger partial charge in [0.1, 0.15) is 0 Å². The third-order valence-corrected chi connectivity index (χ3v) is 6.25. The molecule has 1 saturated heterocycles. The van der Waals surface area contributed by atoms with Crippen LogP contribution in [0.3, 0.4) is 0 Å². The van der Waals surface area contributed by atoms with E-state index in [1.54, 1.807) is 12.3 Å². The number of carbonyl (C=O) groups is 1. The van der Waals surface area contributed by atoms with Gasteiger partial charge in [-0.25, -0.2) is 31.9 Å². The van der Waals surface area contributed by atoms with Crippen molar-refractivity contribution in [2.75, 3.05) is 26.8 Å². The summed E-state index contributed by atoms with van der Waals surface area (Å²) in [6.45, 7) is 2.39. The average molecular weight is 475 g/mol. The first-order valence-corrected chi connectivity index (χ1v) is 10.6. The Hall–Kier alpha value is -2.47. The number of amides is 2. The molecule has 0 bridgehead atoms. The molecule has 3 heterocycles. The van der Waals surface area contributed by atoms with Gasteiger partial charge in [0.25, 0.3) is 5.92 Å². The Balaban J connectivity index is 1.82. The van der Waals surface area contributed by atoms with Gasteiger partial charge in [-0.2, -0.15) is 5.10 Å². The Morgan fingerprint density at radius 3 is 2.67 bits per heavy atom. The first-order valence-electron chi connectivity index (χ1n) is 10.6. The summed E-state index contributed by atoms with van der Waals surface area (Å²) in [7, 11) is 1.41. The molecule has 2 amide bonds. The molecule has 0 saturated carbocycles. The van der Waals surface area contributed by atoms with Crippen LogP contribution < -0.4 is 11.1 Å². The number of imidazole rings is 1. The molecule has 0 unspecified atom stereocenters. The lowest BCUT2D eigenvalue weighted by Crippen LogP contribution is -2.58. The van der Waals surface area contributed by atoms with Crippen LogP contribution in [0.25, 0.3) is 5.65 Å². The highest BCUT2D eigenvalue weighted by Gasteiger charge is 2.43. The topological polar surface area (TPSA) is 97.8 Å². The summed E-state index contributed by atoms with van der Waals surface area (Å²) >= 11 is 0. The van der Waals surface area contributed by atoms with Crippen LogP contribution in [-0.2, 0) is 4.74 Å². The van der Waals surface area contributed by atoms with E-state index in [0.717, 1.165) is 11.8 Å².